The van der Waals surface area contributed by atoms with Crippen LogP contribution in [-0.4, -0.2) is 21.9 Å². The van der Waals surface area contributed by atoms with Gasteiger partial charge in [-0.2, -0.15) is 0 Å². The Hall–Kier alpha value is -1.20. The Labute approximate surface area is 74.2 Å². The van der Waals surface area contributed by atoms with E-state index in [1.165, 1.54) is 0 Å². The minimum absolute atomic E-state index is 0.0459. The average molecular weight is 186 g/mol. The third-order valence-electron chi connectivity index (χ3n) is 3.32. The van der Waals surface area contributed by atoms with Gasteiger partial charge in [0.2, 0.25) is 0 Å². The van der Waals surface area contributed by atoms with Crippen LogP contribution in [0.3, 0.4) is 0 Å². The Balaban J connectivity index is 2.24. The van der Waals surface area contributed by atoms with Gasteiger partial charge < -0.3 is 0 Å². The van der Waals surface area contributed by atoms with E-state index < -0.39 is 21.9 Å². The van der Waals surface area contributed by atoms with Crippen LogP contribution in [0.2, 0.25) is 0 Å². The molecular weight excluding hydrogens is 176 g/mol. The van der Waals surface area contributed by atoms with Crippen LogP contribution in [0, 0.1) is 32.1 Å². The van der Waals surface area contributed by atoms with Gasteiger partial charge in [-0.3, -0.25) is 20.2 Å². The summed E-state index contributed by atoms with van der Waals surface area (Å²) in [6, 6.07) is -1.84. The van der Waals surface area contributed by atoms with E-state index in [1.54, 1.807) is 0 Å². The van der Waals surface area contributed by atoms with Gasteiger partial charge in [0.1, 0.15) is 0 Å². The number of hydrogen-bond acceptors (Lipinski definition) is 4. The van der Waals surface area contributed by atoms with Crippen LogP contribution in [-0.2, 0) is 0 Å². The highest BCUT2D eigenvalue weighted by molar-refractivity contribution is 4.97. The van der Waals surface area contributed by atoms with Gasteiger partial charge in [-0.05, 0) is 19.3 Å². The van der Waals surface area contributed by atoms with E-state index in [9.17, 15) is 20.2 Å². The maximum Gasteiger partial charge on any atom is 0.282 e. The van der Waals surface area contributed by atoms with Crippen LogP contribution in [0.1, 0.15) is 19.3 Å². The Morgan fingerprint density at radius 1 is 0.923 bits per heavy atom. The molecule has 0 radical (unpaired) electrons. The van der Waals surface area contributed by atoms with E-state index in [-0.39, 0.29) is 11.8 Å². The van der Waals surface area contributed by atoms with Crippen molar-refractivity contribution in [3.8, 4) is 0 Å². The molecule has 0 aromatic heterocycles. The van der Waals surface area contributed by atoms with Crippen molar-refractivity contribution in [2.45, 2.75) is 31.3 Å². The Kier molecular flexibility index (Phi) is 1.71. The normalized spacial score (nSPS) is 42.2. The predicted molar refractivity (Wildman–Crippen MR) is 42.4 cm³/mol. The lowest BCUT2D eigenvalue weighted by Gasteiger charge is -2.17. The highest BCUT2D eigenvalue weighted by Crippen LogP contribution is 2.46. The molecule has 0 aromatic carbocycles. The molecule has 2 rings (SSSR count). The summed E-state index contributed by atoms with van der Waals surface area (Å²) in [7, 11) is 0. The molecule has 4 atom stereocenters. The Morgan fingerprint density at radius 2 is 1.31 bits per heavy atom. The summed E-state index contributed by atoms with van der Waals surface area (Å²) in [6.07, 6.45) is 2.26. The van der Waals surface area contributed by atoms with Crippen molar-refractivity contribution in [2.24, 2.45) is 11.8 Å². The van der Waals surface area contributed by atoms with Crippen molar-refractivity contribution in [1.29, 1.82) is 0 Å². The van der Waals surface area contributed by atoms with Crippen molar-refractivity contribution < 1.29 is 9.85 Å². The third-order valence-corrected chi connectivity index (χ3v) is 3.32. The minimum atomic E-state index is -0.922. The zero-order valence-corrected chi connectivity index (χ0v) is 6.96. The minimum Gasteiger partial charge on any atom is -0.264 e. The molecule has 0 saturated heterocycles. The largest absolute Gasteiger partial charge is 0.282 e. The summed E-state index contributed by atoms with van der Waals surface area (Å²) >= 11 is 0. The van der Waals surface area contributed by atoms with Crippen molar-refractivity contribution in [2.75, 3.05) is 0 Å². The lowest BCUT2D eigenvalue weighted by atomic mass is 9.91. The van der Waals surface area contributed by atoms with Crippen molar-refractivity contribution in [3.05, 3.63) is 20.2 Å². The first-order valence-corrected chi connectivity index (χ1v) is 4.38. The number of fused-ring (bicyclic) bond motifs is 2. The van der Waals surface area contributed by atoms with Gasteiger partial charge in [0.15, 0.2) is 0 Å². The molecule has 2 fully saturated rings. The predicted octanol–water partition coefficient (Wildman–Crippen LogP) is 0.707. The molecule has 72 valence electrons. The van der Waals surface area contributed by atoms with Crippen molar-refractivity contribution in [3.63, 3.8) is 0 Å². The topological polar surface area (TPSA) is 86.3 Å². The zero-order chi connectivity index (χ0) is 9.59. The van der Waals surface area contributed by atoms with Crippen molar-refractivity contribution >= 4 is 0 Å². The number of rotatable bonds is 2. The van der Waals surface area contributed by atoms with Crippen LogP contribution >= 0.6 is 0 Å². The maximum absolute atomic E-state index is 10.6. The lowest BCUT2D eigenvalue weighted by molar-refractivity contribution is -0.623. The molecule has 0 aromatic rings. The average Bonchev–Trinajstić information content (AvgIpc) is 2.60. The van der Waals surface area contributed by atoms with Gasteiger partial charge >= 0.3 is 0 Å². The lowest BCUT2D eigenvalue weighted by Crippen LogP contribution is -2.43. The van der Waals surface area contributed by atoms with E-state index in [0.29, 0.717) is 6.42 Å². The molecule has 2 aliphatic carbocycles. The highest BCUT2D eigenvalue weighted by Gasteiger charge is 2.61. The molecule has 13 heavy (non-hydrogen) atoms. The summed E-state index contributed by atoms with van der Waals surface area (Å²) in [5.41, 5.74) is 0. The van der Waals surface area contributed by atoms with Gasteiger partial charge in [0, 0.05) is 21.7 Å². The molecule has 2 aliphatic rings. The van der Waals surface area contributed by atoms with E-state index in [2.05, 4.69) is 0 Å². The number of hydrogen-bond donors (Lipinski definition) is 0. The molecule has 6 heteroatoms. The molecule has 0 aliphatic heterocycles. The second-order valence-corrected chi connectivity index (χ2v) is 3.89. The fourth-order valence-electron chi connectivity index (χ4n) is 2.82. The van der Waals surface area contributed by atoms with Gasteiger partial charge in [-0.1, -0.05) is 0 Å². The molecule has 0 N–H and O–H groups in total. The number of nitro groups is 2. The fraction of sp³-hybridized carbons (Fsp3) is 1.00. The molecule has 0 spiro atoms. The molecule has 0 amide bonds. The van der Waals surface area contributed by atoms with Gasteiger partial charge in [0.05, 0.1) is 0 Å². The van der Waals surface area contributed by atoms with Crippen LogP contribution in [0.4, 0.5) is 0 Å². The SMILES string of the molecule is O=[N+]([O-])[C@@H]1[C@@H]2CC[C@@H](C2)[C@@H]1[N+](=O)[O-]. The Bertz CT molecular complexity index is 241. The third kappa shape index (κ3) is 1.08. The first kappa shape index (κ1) is 8.40. The second kappa shape index (κ2) is 2.65. The van der Waals surface area contributed by atoms with Gasteiger partial charge in [-0.25, -0.2) is 0 Å². The van der Waals surface area contributed by atoms with E-state index in [1.807, 2.05) is 0 Å². The second-order valence-electron chi connectivity index (χ2n) is 3.89. The Morgan fingerprint density at radius 3 is 1.62 bits per heavy atom. The molecule has 2 saturated carbocycles. The van der Waals surface area contributed by atoms with Crippen LogP contribution in [0.25, 0.3) is 0 Å². The molecule has 0 heterocycles. The van der Waals surface area contributed by atoms with Gasteiger partial charge in [-0.15, -0.1) is 0 Å². The molecule has 0 unspecified atom stereocenters. The molecule has 2 bridgehead atoms. The summed E-state index contributed by atoms with van der Waals surface area (Å²) < 4.78 is 0. The van der Waals surface area contributed by atoms with Crippen LogP contribution < -0.4 is 0 Å². The molecule has 6 nitrogen and oxygen atoms in total. The maximum atomic E-state index is 10.6. The van der Waals surface area contributed by atoms with Crippen LogP contribution in [0.15, 0.2) is 0 Å². The van der Waals surface area contributed by atoms with Gasteiger partial charge in [0.25, 0.3) is 12.1 Å². The van der Waals surface area contributed by atoms with E-state index in [0.717, 1.165) is 12.8 Å². The summed E-state index contributed by atoms with van der Waals surface area (Å²) in [5, 5.41) is 21.2. The zero-order valence-electron chi connectivity index (χ0n) is 6.96. The number of nitrogens with zero attached hydrogens (tertiary/aromatic N) is 2. The highest BCUT2D eigenvalue weighted by atomic mass is 16.6. The summed E-state index contributed by atoms with van der Waals surface area (Å²) in [5.74, 6) is -0.0919. The van der Waals surface area contributed by atoms with E-state index in [4.69, 9.17) is 0 Å². The molecular formula is C7H10N2O4. The van der Waals surface area contributed by atoms with E-state index >= 15 is 0 Å². The smallest absolute Gasteiger partial charge is 0.264 e. The quantitative estimate of drug-likeness (QED) is 0.469. The fourth-order valence-corrected chi connectivity index (χ4v) is 2.82. The summed E-state index contributed by atoms with van der Waals surface area (Å²) in [4.78, 5) is 20.3. The monoisotopic (exact) mass is 186 g/mol. The first-order chi connectivity index (χ1) is 6.11. The summed E-state index contributed by atoms with van der Waals surface area (Å²) in [6.45, 7) is 0. The van der Waals surface area contributed by atoms with Crippen molar-refractivity contribution in [1.82, 2.24) is 0 Å². The first-order valence-electron chi connectivity index (χ1n) is 4.38. The standard InChI is InChI=1S/C7H10N2O4/c10-8(11)6-4-1-2-5(3-4)7(6)9(12)13/h4-7H,1-3H2/t4-,5+,6-,7+. The van der Waals surface area contributed by atoms with Crippen LogP contribution in [0.5, 0.6) is 0 Å².